The van der Waals surface area contributed by atoms with E-state index in [1.54, 1.807) is 18.4 Å². The number of hydrogen-bond donors (Lipinski definition) is 1. The van der Waals surface area contributed by atoms with E-state index in [4.69, 9.17) is 9.84 Å². The Labute approximate surface area is 111 Å². The Kier molecular flexibility index (Phi) is 3.99. The van der Waals surface area contributed by atoms with Crippen LogP contribution in [0.15, 0.2) is 18.2 Å². The highest BCUT2D eigenvalue weighted by molar-refractivity contribution is 7.15. The van der Waals surface area contributed by atoms with Gasteiger partial charge in [0.05, 0.1) is 22.7 Å². The molecule has 1 aromatic heterocycles. The lowest BCUT2D eigenvalue weighted by atomic mass is 10.1. The SMILES string of the molecule is COc1ccc(C)cc1-c1sc(CCO)nc1C. The van der Waals surface area contributed by atoms with Gasteiger partial charge in [0.15, 0.2) is 0 Å². The number of benzene rings is 1. The highest BCUT2D eigenvalue weighted by Crippen LogP contribution is 2.37. The molecular formula is C14H17NO2S. The number of aliphatic hydroxyl groups excluding tert-OH is 1. The van der Waals surface area contributed by atoms with Gasteiger partial charge in [-0.15, -0.1) is 11.3 Å². The lowest BCUT2D eigenvalue weighted by Crippen LogP contribution is -1.89. The van der Waals surface area contributed by atoms with Crippen LogP contribution in [0.2, 0.25) is 0 Å². The first-order valence-corrected chi connectivity index (χ1v) is 6.69. The van der Waals surface area contributed by atoms with E-state index >= 15 is 0 Å². The van der Waals surface area contributed by atoms with Crippen LogP contribution >= 0.6 is 11.3 Å². The van der Waals surface area contributed by atoms with Crippen molar-refractivity contribution in [1.29, 1.82) is 0 Å². The summed E-state index contributed by atoms with van der Waals surface area (Å²) < 4.78 is 5.41. The Morgan fingerprint density at radius 1 is 1.33 bits per heavy atom. The van der Waals surface area contributed by atoms with Crippen molar-refractivity contribution in [3.63, 3.8) is 0 Å². The van der Waals surface area contributed by atoms with Crippen LogP contribution in [0.4, 0.5) is 0 Å². The highest BCUT2D eigenvalue weighted by Gasteiger charge is 2.13. The number of methoxy groups -OCH3 is 1. The van der Waals surface area contributed by atoms with Crippen molar-refractivity contribution >= 4 is 11.3 Å². The zero-order valence-corrected chi connectivity index (χ0v) is 11.7. The first-order chi connectivity index (χ1) is 8.65. The summed E-state index contributed by atoms with van der Waals surface area (Å²) in [4.78, 5) is 5.61. The largest absolute Gasteiger partial charge is 0.496 e. The van der Waals surface area contributed by atoms with Gasteiger partial charge >= 0.3 is 0 Å². The van der Waals surface area contributed by atoms with E-state index in [0.717, 1.165) is 26.9 Å². The van der Waals surface area contributed by atoms with Crippen molar-refractivity contribution in [1.82, 2.24) is 4.98 Å². The number of nitrogens with zero attached hydrogens (tertiary/aromatic N) is 1. The first-order valence-electron chi connectivity index (χ1n) is 5.88. The van der Waals surface area contributed by atoms with E-state index in [1.807, 2.05) is 19.1 Å². The molecule has 18 heavy (non-hydrogen) atoms. The molecule has 0 fully saturated rings. The fourth-order valence-corrected chi connectivity index (χ4v) is 2.98. The number of aliphatic hydroxyl groups is 1. The van der Waals surface area contributed by atoms with Crippen LogP contribution < -0.4 is 4.74 Å². The molecule has 2 rings (SSSR count). The summed E-state index contributed by atoms with van der Waals surface area (Å²) in [5, 5.41) is 9.94. The highest BCUT2D eigenvalue weighted by atomic mass is 32.1. The van der Waals surface area contributed by atoms with Crippen LogP contribution in [0.3, 0.4) is 0 Å². The molecule has 4 heteroatoms. The summed E-state index contributed by atoms with van der Waals surface area (Å²) in [6, 6.07) is 6.13. The van der Waals surface area contributed by atoms with Crippen molar-refractivity contribution in [2.24, 2.45) is 0 Å². The molecule has 0 amide bonds. The quantitative estimate of drug-likeness (QED) is 0.922. The molecule has 0 aliphatic carbocycles. The van der Waals surface area contributed by atoms with Crippen LogP contribution in [0.25, 0.3) is 10.4 Å². The number of aryl methyl sites for hydroxylation is 2. The predicted octanol–water partition coefficient (Wildman–Crippen LogP) is 2.97. The van der Waals surface area contributed by atoms with Crippen LogP contribution in [-0.4, -0.2) is 23.8 Å². The summed E-state index contributed by atoms with van der Waals surface area (Å²) in [5.74, 6) is 0.864. The van der Waals surface area contributed by atoms with E-state index in [9.17, 15) is 0 Å². The summed E-state index contributed by atoms with van der Waals surface area (Å²) in [6.45, 7) is 4.19. The monoisotopic (exact) mass is 263 g/mol. The standard InChI is InChI=1S/C14H17NO2S/c1-9-4-5-12(17-3)11(8-9)14-10(2)15-13(18-14)6-7-16/h4-5,8,16H,6-7H2,1-3H3. The van der Waals surface area contributed by atoms with E-state index in [-0.39, 0.29) is 6.61 Å². The second-order valence-electron chi connectivity index (χ2n) is 4.20. The number of aromatic nitrogens is 1. The molecule has 0 aliphatic heterocycles. The molecular weight excluding hydrogens is 246 g/mol. The number of thiazole rings is 1. The molecule has 0 aliphatic rings. The van der Waals surface area contributed by atoms with Crippen molar-refractivity contribution in [3.8, 4) is 16.2 Å². The van der Waals surface area contributed by atoms with Gasteiger partial charge in [0, 0.05) is 18.6 Å². The van der Waals surface area contributed by atoms with Gasteiger partial charge in [0.2, 0.25) is 0 Å². The second-order valence-corrected chi connectivity index (χ2v) is 5.28. The van der Waals surface area contributed by atoms with E-state index < -0.39 is 0 Å². The lowest BCUT2D eigenvalue weighted by Gasteiger charge is -2.08. The zero-order chi connectivity index (χ0) is 13.1. The van der Waals surface area contributed by atoms with Gasteiger partial charge < -0.3 is 9.84 Å². The molecule has 0 atom stereocenters. The molecule has 0 saturated carbocycles. The van der Waals surface area contributed by atoms with Gasteiger partial charge in [0.1, 0.15) is 5.75 Å². The Morgan fingerprint density at radius 3 is 2.78 bits per heavy atom. The van der Waals surface area contributed by atoms with Crippen molar-refractivity contribution in [2.75, 3.05) is 13.7 Å². The minimum atomic E-state index is 0.136. The smallest absolute Gasteiger partial charge is 0.127 e. The summed E-state index contributed by atoms with van der Waals surface area (Å²) in [6.07, 6.45) is 0.611. The molecule has 0 unspecified atom stereocenters. The fraction of sp³-hybridized carbons (Fsp3) is 0.357. The van der Waals surface area contributed by atoms with Gasteiger partial charge in [-0.2, -0.15) is 0 Å². The molecule has 1 N–H and O–H groups in total. The van der Waals surface area contributed by atoms with Crippen LogP contribution in [0.1, 0.15) is 16.3 Å². The van der Waals surface area contributed by atoms with Crippen molar-refractivity contribution in [3.05, 3.63) is 34.5 Å². The third-order valence-corrected chi connectivity index (χ3v) is 4.02. The Balaban J connectivity index is 2.50. The Morgan fingerprint density at radius 2 is 2.11 bits per heavy atom. The van der Waals surface area contributed by atoms with Gasteiger partial charge in [-0.05, 0) is 26.0 Å². The maximum Gasteiger partial charge on any atom is 0.127 e. The molecule has 0 saturated heterocycles. The fourth-order valence-electron chi connectivity index (χ4n) is 1.90. The molecule has 96 valence electrons. The molecule has 0 bridgehead atoms. The van der Waals surface area contributed by atoms with Gasteiger partial charge in [-0.25, -0.2) is 4.98 Å². The first kappa shape index (κ1) is 13.1. The maximum atomic E-state index is 8.98. The topological polar surface area (TPSA) is 42.4 Å². The van der Waals surface area contributed by atoms with E-state index in [2.05, 4.69) is 18.0 Å². The summed E-state index contributed by atoms with van der Waals surface area (Å²) in [7, 11) is 1.68. The van der Waals surface area contributed by atoms with Crippen molar-refractivity contribution < 1.29 is 9.84 Å². The predicted molar refractivity (Wildman–Crippen MR) is 74.4 cm³/mol. The molecule has 0 radical (unpaired) electrons. The number of hydrogen-bond acceptors (Lipinski definition) is 4. The molecule has 1 aromatic carbocycles. The van der Waals surface area contributed by atoms with Crippen molar-refractivity contribution in [2.45, 2.75) is 20.3 Å². The molecule has 2 aromatic rings. The molecule has 0 spiro atoms. The average Bonchev–Trinajstić information content (AvgIpc) is 2.70. The average molecular weight is 263 g/mol. The van der Waals surface area contributed by atoms with E-state index in [0.29, 0.717) is 6.42 Å². The van der Waals surface area contributed by atoms with Gasteiger partial charge in [0.25, 0.3) is 0 Å². The molecule has 3 nitrogen and oxygen atoms in total. The Bertz CT molecular complexity index is 549. The lowest BCUT2D eigenvalue weighted by molar-refractivity contribution is 0.299. The van der Waals surface area contributed by atoms with Gasteiger partial charge in [-0.1, -0.05) is 11.6 Å². The summed E-state index contributed by atoms with van der Waals surface area (Å²) in [5.41, 5.74) is 3.27. The van der Waals surface area contributed by atoms with Crippen LogP contribution in [0, 0.1) is 13.8 Å². The second kappa shape index (κ2) is 5.50. The third-order valence-electron chi connectivity index (χ3n) is 2.77. The maximum absolute atomic E-state index is 8.98. The van der Waals surface area contributed by atoms with Gasteiger partial charge in [-0.3, -0.25) is 0 Å². The number of rotatable bonds is 4. The van der Waals surface area contributed by atoms with Crippen LogP contribution in [0.5, 0.6) is 5.75 Å². The Hall–Kier alpha value is -1.39. The van der Waals surface area contributed by atoms with E-state index in [1.165, 1.54) is 5.56 Å². The van der Waals surface area contributed by atoms with Crippen LogP contribution in [-0.2, 0) is 6.42 Å². The summed E-state index contributed by atoms with van der Waals surface area (Å²) >= 11 is 1.62. The molecule has 1 heterocycles. The number of ether oxygens (including phenoxy) is 1. The minimum absolute atomic E-state index is 0.136. The minimum Gasteiger partial charge on any atom is -0.496 e. The normalized spacial score (nSPS) is 10.7. The third kappa shape index (κ3) is 2.54. The zero-order valence-electron chi connectivity index (χ0n) is 10.9.